The van der Waals surface area contributed by atoms with E-state index in [0.29, 0.717) is 42.3 Å². The molecule has 0 radical (unpaired) electrons. The first kappa shape index (κ1) is 21.6. The number of ketones is 2. The lowest BCUT2D eigenvalue weighted by Crippen LogP contribution is -2.50. The molecule has 1 aliphatic heterocycles. The summed E-state index contributed by atoms with van der Waals surface area (Å²) in [4.78, 5) is 30.4. The van der Waals surface area contributed by atoms with E-state index in [4.69, 9.17) is 0 Å². The molecule has 6 atom stereocenters. The highest BCUT2D eigenvalue weighted by atomic mass is 16.1. The van der Waals surface area contributed by atoms with Crippen molar-refractivity contribution in [3.63, 3.8) is 0 Å². The van der Waals surface area contributed by atoms with E-state index in [2.05, 4.69) is 43.7 Å². The molecular weight excluding hydrogens is 384 g/mol. The van der Waals surface area contributed by atoms with Crippen LogP contribution in [-0.2, 0) is 9.59 Å². The Labute approximate surface area is 188 Å². The fourth-order valence-electron chi connectivity index (χ4n) is 8.24. The van der Waals surface area contributed by atoms with E-state index in [0.717, 1.165) is 51.9 Å². The second kappa shape index (κ2) is 7.66. The lowest BCUT2D eigenvalue weighted by atomic mass is 9.51. The van der Waals surface area contributed by atoms with Gasteiger partial charge in [0, 0.05) is 43.9 Å². The molecule has 0 unspecified atom stereocenters. The number of allylic oxidation sites excluding steroid dienone is 4. The van der Waals surface area contributed by atoms with Gasteiger partial charge in [-0.3, -0.25) is 14.5 Å². The quantitative estimate of drug-likeness (QED) is 0.639. The molecule has 170 valence electrons. The molecule has 5 aliphatic rings. The van der Waals surface area contributed by atoms with Crippen molar-refractivity contribution in [2.45, 2.75) is 59.3 Å². The molecule has 2 saturated carbocycles. The smallest absolute Gasteiger partial charge is 0.155 e. The molecule has 3 fully saturated rings. The number of hydrogen-bond donors (Lipinski definition) is 0. The van der Waals surface area contributed by atoms with Crippen LogP contribution in [0.2, 0.25) is 0 Å². The maximum atomic E-state index is 13.6. The van der Waals surface area contributed by atoms with E-state index in [9.17, 15) is 9.59 Å². The van der Waals surface area contributed by atoms with Gasteiger partial charge in [0.05, 0.1) is 6.54 Å². The Balaban J connectivity index is 1.39. The van der Waals surface area contributed by atoms with Gasteiger partial charge >= 0.3 is 0 Å². The molecule has 0 spiro atoms. The molecule has 31 heavy (non-hydrogen) atoms. The number of hydrogen-bond acceptors (Lipinski definition) is 4. The van der Waals surface area contributed by atoms with Crippen molar-refractivity contribution in [2.24, 2.45) is 34.5 Å². The van der Waals surface area contributed by atoms with Gasteiger partial charge in [-0.15, -0.1) is 0 Å². The summed E-state index contributed by atoms with van der Waals surface area (Å²) in [5.74, 6) is 2.67. The minimum Gasteiger partial charge on any atom is -0.304 e. The fraction of sp³-hybridized carbons (Fsp3) is 0.778. The van der Waals surface area contributed by atoms with E-state index < -0.39 is 0 Å². The van der Waals surface area contributed by atoms with Crippen LogP contribution in [0.4, 0.5) is 0 Å². The molecule has 0 aromatic rings. The first-order chi connectivity index (χ1) is 14.7. The third kappa shape index (κ3) is 3.40. The number of nitrogens with zero attached hydrogens (tertiary/aromatic N) is 2. The van der Waals surface area contributed by atoms with Gasteiger partial charge < -0.3 is 4.90 Å². The van der Waals surface area contributed by atoms with Crippen molar-refractivity contribution in [3.8, 4) is 0 Å². The van der Waals surface area contributed by atoms with Crippen LogP contribution in [0, 0.1) is 34.5 Å². The van der Waals surface area contributed by atoms with Crippen LogP contribution in [-0.4, -0.2) is 61.1 Å². The summed E-state index contributed by atoms with van der Waals surface area (Å²) in [5.41, 5.74) is 3.17. The standard InChI is InChI=1S/C27H40N2O2/c1-18-15-23-21-6-5-19-16-20(30)7-9-26(19,2)22(21)8-10-27(23,3)25(18)24(31)17-29-13-11-28(4)12-14-29/h8,16,18,21,23,25H,5-7,9-15,17H2,1-4H3/t18-,21-,23+,25-,26+,27+/m1/s1. The highest BCUT2D eigenvalue weighted by molar-refractivity contribution is 5.92. The highest BCUT2D eigenvalue weighted by Crippen LogP contribution is 2.65. The topological polar surface area (TPSA) is 40.6 Å². The Morgan fingerprint density at radius 2 is 1.90 bits per heavy atom. The molecule has 4 aliphatic carbocycles. The maximum Gasteiger partial charge on any atom is 0.155 e. The van der Waals surface area contributed by atoms with Crippen molar-refractivity contribution >= 4 is 11.6 Å². The first-order valence-electron chi connectivity index (χ1n) is 12.6. The van der Waals surface area contributed by atoms with Crippen molar-refractivity contribution in [3.05, 3.63) is 23.3 Å². The molecule has 0 N–H and O–H groups in total. The molecule has 5 rings (SSSR count). The molecule has 0 aromatic heterocycles. The van der Waals surface area contributed by atoms with E-state index in [1.165, 1.54) is 12.0 Å². The van der Waals surface area contributed by atoms with Gasteiger partial charge in [-0.1, -0.05) is 38.0 Å². The number of piperazine rings is 1. The van der Waals surface area contributed by atoms with Crippen molar-refractivity contribution in [1.29, 1.82) is 0 Å². The van der Waals surface area contributed by atoms with Crippen LogP contribution in [0.25, 0.3) is 0 Å². The van der Waals surface area contributed by atoms with E-state index in [-0.39, 0.29) is 16.7 Å². The zero-order chi connectivity index (χ0) is 22.0. The van der Waals surface area contributed by atoms with Gasteiger partial charge in [-0.2, -0.15) is 0 Å². The van der Waals surface area contributed by atoms with Crippen molar-refractivity contribution in [1.82, 2.24) is 9.80 Å². The van der Waals surface area contributed by atoms with E-state index in [1.807, 2.05) is 6.08 Å². The second-order valence-corrected chi connectivity index (χ2v) is 11.8. The minimum atomic E-state index is 0.0866. The van der Waals surface area contributed by atoms with Crippen LogP contribution in [0.3, 0.4) is 0 Å². The SMILES string of the molecule is C[C@@H]1C[C@H]2[C@@H]3CCC4=CC(=O)CC[C@]4(C)C3=CC[C@]2(C)[C@H]1C(=O)CN1CCN(C)CC1. The molecule has 0 aromatic carbocycles. The zero-order valence-electron chi connectivity index (χ0n) is 20.0. The van der Waals surface area contributed by atoms with Crippen LogP contribution in [0.5, 0.6) is 0 Å². The molecule has 0 amide bonds. The summed E-state index contributed by atoms with van der Waals surface area (Å²) in [6.45, 7) is 12.0. The van der Waals surface area contributed by atoms with Gasteiger partial charge in [0.1, 0.15) is 0 Å². The second-order valence-electron chi connectivity index (χ2n) is 11.8. The summed E-state index contributed by atoms with van der Waals surface area (Å²) in [7, 11) is 2.17. The maximum absolute atomic E-state index is 13.6. The third-order valence-electron chi connectivity index (χ3n) is 10.00. The van der Waals surface area contributed by atoms with Gasteiger partial charge in [-0.05, 0) is 68.4 Å². The Kier molecular flexibility index (Phi) is 5.33. The van der Waals surface area contributed by atoms with Gasteiger partial charge in [0.15, 0.2) is 11.6 Å². The average Bonchev–Trinajstić information content (AvgIpc) is 3.00. The Hall–Kier alpha value is -1.26. The number of likely N-dealkylation sites (N-methyl/N-ethyl adjacent to an activating group) is 1. The van der Waals surface area contributed by atoms with Crippen LogP contribution >= 0.6 is 0 Å². The van der Waals surface area contributed by atoms with Crippen molar-refractivity contribution < 1.29 is 9.59 Å². The summed E-state index contributed by atoms with van der Waals surface area (Å²) in [6, 6.07) is 0. The molecular formula is C27H40N2O2. The van der Waals surface area contributed by atoms with Gasteiger partial charge in [0.25, 0.3) is 0 Å². The molecule has 4 nitrogen and oxygen atoms in total. The van der Waals surface area contributed by atoms with Crippen LogP contribution < -0.4 is 0 Å². The minimum absolute atomic E-state index is 0.0866. The number of carbonyl (C=O) groups excluding carboxylic acids is 2. The van der Waals surface area contributed by atoms with Crippen molar-refractivity contribution in [2.75, 3.05) is 39.8 Å². The summed E-state index contributed by atoms with van der Waals surface area (Å²) >= 11 is 0. The number of carbonyl (C=O) groups is 2. The number of rotatable bonds is 3. The molecule has 0 bridgehead atoms. The fourth-order valence-corrected chi connectivity index (χ4v) is 8.24. The Morgan fingerprint density at radius 3 is 2.65 bits per heavy atom. The van der Waals surface area contributed by atoms with Crippen LogP contribution in [0.15, 0.2) is 23.3 Å². The number of fused-ring (bicyclic) bond motifs is 5. The normalized spacial score (nSPS) is 43.5. The molecule has 1 saturated heterocycles. The monoisotopic (exact) mass is 424 g/mol. The average molecular weight is 425 g/mol. The third-order valence-corrected chi connectivity index (χ3v) is 10.00. The summed E-state index contributed by atoms with van der Waals surface area (Å²) < 4.78 is 0. The van der Waals surface area contributed by atoms with Crippen LogP contribution in [0.1, 0.15) is 59.3 Å². The molecule has 1 heterocycles. The Morgan fingerprint density at radius 1 is 1.16 bits per heavy atom. The first-order valence-corrected chi connectivity index (χ1v) is 12.6. The van der Waals surface area contributed by atoms with Gasteiger partial charge in [-0.25, -0.2) is 0 Å². The zero-order valence-corrected chi connectivity index (χ0v) is 20.0. The number of Topliss-reactive ketones (excluding diaryl/α,β-unsaturated/α-hetero) is 1. The lowest BCUT2D eigenvalue weighted by molar-refractivity contribution is -0.129. The summed E-state index contributed by atoms with van der Waals surface area (Å²) in [6.07, 6.45) is 10.6. The highest BCUT2D eigenvalue weighted by Gasteiger charge is 2.59. The van der Waals surface area contributed by atoms with Gasteiger partial charge in [0.2, 0.25) is 0 Å². The predicted molar refractivity (Wildman–Crippen MR) is 124 cm³/mol. The lowest BCUT2D eigenvalue weighted by Gasteiger charge is -2.53. The largest absolute Gasteiger partial charge is 0.304 e. The molecule has 4 heteroatoms. The van der Waals surface area contributed by atoms with E-state index >= 15 is 0 Å². The predicted octanol–water partition coefficient (Wildman–Crippen LogP) is 4.12. The Bertz CT molecular complexity index is 836. The van der Waals surface area contributed by atoms with E-state index in [1.54, 1.807) is 5.57 Å². The summed E-state index contributed by atoms with van der Waals surface area (Å²) in [5, 5.41) is 0.